The molecule has 4 N–H and O–H groups in total. The number of amides is 1. The van der Waals surface area contributed by atoms with E-state index in [1.165, 1.54) is 18.3 Å². The lowest BCUT2D eigenvalue weighted by Gasteiger charge is -2.12. The minimum Gasteiger partial charge on any atom is -0.380 e. The smallest absolute Gasteiger partial charge is 0.269 e. The van der Waals surface area contributed by atoms with Gasteiger partial charge in [-0.25, -0.2) is 9.37 Å². The number of halogens is 1. The maximum absolute atomic E-state index is 14.2. The van der Waals surface area contributed by atoms with Crippen LogP contribution >= 0.6 is 0 Å². The average molecular weight is 392 g/mol. The van der Waals surface area contributed by atoms with Gasteiger partial charge in [-0.3, -0.25) is 4.79 Å². The molecule has 29 heavy (non-hydrogen) atoms. The number of ether oxygens (including phenoxy) is 1. The van der Waals surface area contributed by atoms with Gasteiger partial charge in [0.25, 0.3) is 5.91 Å². The second-order valence-corrected chi connectivity index (χ2v) is 6.95. The minimum absolute atomic E-state index is 0.0982. The van der Waals surface area contributed by atoms with E-state index < -0.39 is 11.7 Å². The summed E-state index contributed by atoms with van der Waals surface area (Å²) in [5, 5.41) is 4.92. The Morgan fingerprint density at radius 3 is 2.93 bits per heavy atom. The van der Waals surface area contributed by atoms with E-state index in [1.54, 1.807) is 0 Å². The van der Waals surface area contributed by atoms with Crippen molar-refractivity contribution in [3.63, 3.8) is 0 Å². The van der Waals surface area contributed by atoms with Crippen molar-refractivity contribution in [3.8, 4) is 0 Å². The highest BCUT2D eigenvalue weighted by Crippen LogP contribution is 2.36. The molecule has 3 heterocycles. The molecule has 0 radical (unpaired) electrons. The van der Waals surface area contributed by atoms with Crippen LogP contribution in [0.15, 0.2) is 55.5 Å². The van der Waals surface area contributed by atoms with Crippen LogP contribution in [0.1, 0.15) is 22.5 Å². The lowest BCUT2D eigenvalue weighted by atomic mass is 9.99. The van der Waals surface area contributed by atoms with Crippen LogP contribution < -0.4 is 11.1 Å². The van der Waals surface area contributed by atoms with Gasteiger partial charge in [-0.1, -0.05) is 31.4 Å². The number of anilines is 1. The molecule has 1 aliphatic heterocycles. The summed E-state index contributed by atoms with van der Waals surface area (Å²) in [4.78, 5) is 19.3. The predicted molar refractivity (Wildman–Crippen MR) is 113 cm³/mol. The number of aromatic nitrogens is 2. The van der Waals surface area contributed by atoms with Gasteiger partial charge in [-0.2, -0.15) is 0 Å². The molecular weight excluding hydrogens is 371 g/mol. The molecule has 1 unspecified atom stereocenters. The SMILES string of the molecule is C=C/C=C(\C(=C)F)c1cnc(C(N)=O)c2[nH]c3cc(NC4CCOC4)ccc3c12. The number of nitrogens with zero attached hydrogens (tertiary/aromatic N) is 1. The normalized spacial score (nSPS) is 17.0. The second kappa shape index (κ2) is 7.52. The van der Waals surface area contributed by atoms with E-state index in [-0.39, 0.29) is 17.3 Å². The summed E-state index contributed by atoms with van der Waals surface area (Å²) >= 11 is 0. The molecule has 148 valence electrons. The molecule has 0 aliphatic carbocycles. The summed E-state index contributed by atoms with van der Waals surface area (Å²) in [6, 6.07) is 6.08. The van der Waals surface area contributed by atoms with Crippen molar-refractivity contribution in [1.29, 1.82) is 0 Å². The van der Waals surface area contributed by atoms with Crippen LogP contribution in [0.3, 0.4) is 0 Å². The Hall–Kier alpha value is -3.45. The van der Waals surface area contributed by atoms with Crippen molar-refractivity contribution in [1.82, 2.24) is 9.97 Å². The molecule has 1 saturated heterocycles. The van der Waals surface area contributed by atoms with Gasteiger partial charge in [0.1, 0.15) is 5.83 Å². The predicted octanol–water partition coefficient (Wildman–Crippen LogP) is 4.07. The summed E-state index contributed by atoms with van der Waals surface area (Å²) in [5.74, 6) is -1.28. The van der Waals surface area contributed by atoms with Crippen LogP contribution in [0.4, 0.5) is 10.1 Å². The molecule has 0 saturated carbocycles. The number of primary amides is 1. The molecule has 4 rings (SSSR count). The third kappa shape index (κ3) is 3.40. The molecule has 1 atom stereocenters. The Labute approximate surface area is 166 Å². The Morgan fingerprint density at radius 2 is 2.28 bits per heavy atom. The molecule has 1 aromatic carbocycles. The molecule has 1 amide bonds. The average Bonchev–Trinajstić information content (AvgIpc) is 3.32. The van der Waals surface area contributed by atoms with Crippen molar-refractivity contribution in [2.75, 3.05) is 18.5 Å². The maximum Gasteiger partial charge on any atom is 0.269 e. The van der Waals surface area contributed by atoms with E-state index in [2.05, 4.69) is 28.4 Å². The number of aromatic amines is 1. The highest BCUT2D eigenvalue weighted by molar-refractivity contribution is 6.18. The van der Waals surface area contributed by atoms with Gasteiger partial charge in [-0.05, 0) is 18.6 Å². The fourth-order valence-corrected chi connectivity index (χ4v) is 3.72. The van der Waals surface area contributed by atoms with E-state index in [0.29, 0.717) is 23.1 Å². The zero-order valence-corrected chi connectivity index (χ0v) is 15.8. The van der Waals surface area contributed by atoms with Gasteiger partial charge >= 0.3 is 0 Å². The van der Waals surface area contributed by atoms with Gasteiger partial charge < -0.3 is 20.8 Å². The first-order chi connectivity index (χ1) is 14.0. The Bertz CT molecular complexity index is 1170. The molecule has 1 fully saturated rings. The second-order valence-electron chi connectivity index (χ2n) is 6.95. The van der Waals surface area contributed by atoms with Crippen molar-refractivity contribution in [2.24, 2.45) is 5.73 Å². The number of hydrogen-bond donors (Lipinski definition) is 3. The number of benzene rings is 1. The van der Waals surface area contributed by atoms with Crippen LogP contribution in [0.2, 0.25) is 0 Å². The van der Waals surface area contributed by atoms with Crippen LogP contribution in [-0.2, 0) is 4.74 Å². The van der Waals surface area contributed by atoms with Crippen molar-refractivity contribution >= 4 is 39.0 Å². The van der Waals surface area contributed by atoms with Crippen LogP contribution in [0.25, 0.3) is 27.4 Å². The largest absolute Gasteiger partial charge is 0.380 e. The first-order valence-corrected chi connectivity index (χ1v) is 9.26. The van der Waals surface area contributed by atoms with E-state index in [4.69, 9.17) is 10.5 Å². The number of nitrogens with two attached hydrogens (primary N) is 1. The van der Waals surface area contributed by atoms with Crippen molar-refractivity contribution < 1.29 is 13.9 Å². The third-order valence-corrected chi connectivity index (χ3v) is 5.03. The molecule has 0 spiro atoms. The van der Waals surface area contributed by atoms with Crippen molar-refractivity contribution in [3.05, 3.63) is 66.8 Å². The van der Waals surface area contributed by atoms with Crippen LogP contribution in [0.5, 0.6) is 0 Å². The van der Waals surface area contributed by atoms with E-state index in [0.717, 1.165) is 29.6 Å². The number of carbonyl (C=O) groups is 1. The van der Waals surface area contributed by atoms with Gasteiger partial charge in [0.15, 0.2) is 5.69 Å². The molecule has 3 aromatic rings. The Balaban J connectivity index is 1.94. The van der Waals surface area contributed by atoms with Gasteiger partial charge in [0.2, 0.25) is 0 Å². The zero-order valence-electron chi connectivity index (χ0n) is 15.8. The molecule has 1 aliphatic rings. The Kier molecular flexibility index (Phi) is 4.90. The summed E-state index contributed by atoms with van der Waals surface area (Å²) in [5.41, 5.74) is 8.53. The minimum atomic E-state index is -0.664. The fraction of sp³-hybridized carbons (Fsp3) is 0.182. The molecule has 6 nitrogen and oxygen atoms in total. The standard InChI is InChI=1S/C22H21FN4O2/c1-3-4-15(12(2)23)17-10-25-21(22(24)28)20-19(17)16-6-5-13(9-18(16)27-20)26-14-7-8-29-11-14/h3-6,9-10,14,26-27H,1-2,7-8,11H2,(H2,24,28)/b15-4+. The lowest BCUT2D eigenvalue weighted by molar-refractivity contribution is 0.0997. The van der Waals surface area contributed by atoms with E-state index in [9.17, 15) is 9.18 Å². The highest BCUT2D eigenvalue weighted by Gasteiger charge is 2.21. The molecule has 7 heteroatoms. The molecular formula is C22H21FN4O2. The van der Waals surface area contributed by atoms with Crippen LogP contribution in [-0.4, -0.2) is 35.1 Å². The summed E-state index contributed by atoms with van der Waals surface area (Å²) in [7, 11) is 0. The first kappa shape index (κ1) is 18.9. The van der Waals surface area contributed by atoms with E-state index >= 15 is 0 Å². The Morgan fingerprint density at radius 1 is 1.45 bits per heavy atom. The third-order valence-electron chi connectivity index (χ3n) is 5.03. The highest BCUT2D eigenvalue weighted by atomic mass is 19.1. The number of rotatable bonds is 6. The fourth-order valence-electron chi connectivity index (χ4n) is 3.72. The van der Waals surface area contributed by atoms with E-state index in [1.807, 2.05) is 18.2 Å². The lowest BCUT2D eigenvalue weighted by Crippen LogP contribution is -2.18. The van der Waals surface area contributed by atoms with Gasteiger partial charge in [-0.15, -0.1) is 0 Å². The van der Waals surface area contributed by atoms with Crippen LogP contribution in [0, 0.1) is 0 Å². The number of nitrogens with one attached hydrogen (secondary N) is 2. The number of allylic oxidation sites excluding steroid dienone is 4. The summed E-state index contributed by atoms with van der Waals surface area (Å²) in [6.45, 7) is 8.47. The molecule has 0 bridgehead atoms. The summed E-state index contributed by atoms with van der Waals surface area (Å²) < 4.78 is 19.6. The van der Waals surface area contributed by atoms with Gasteiger partial charge in [0.05, 0.1) is 18.2 Å². The topological polar surface area (TPSA) is 93.0 Å². The summed E-state index contributed by atoms with van der Waals surface area (Å²) in [6.07, 6.45) is 5.39. The number of carbonyl (C=O) groups excluding carboxylic acids is 1. The maximum atomic E-state index is 14.2. The zero-order chi connectivity index (χ0) is 20.5. The number of fused-ring (bicyclic) bond motifs is 3. The first-order valence-electron chi connectivity index (χ1n) is 9.26. The number of H-pyrrole nitrogens is 1. The molecule has 2 aromatic heterocycles. The quantitative estimate of drug-likeness (QED) is 0.551. The monoisotopic (exact) mass is 392 g/mol. The number of pyridine rings is 1. The van der Waals surface area contributed by atoms with Crippen molar-refractivity contribution in [2.45, 2.75) is 12.5 Å². The van der Waals surface area contributed by atoms with Gasteiger partial charge in [0, 0.05) is 45.9 Å². The number of hydrogen-bond acceptors (Lipinski definition) is 4.